The van der Waals surface area contributed by atoms with Crippen molar-refractivity contribution in [3.8, 4) is 0 Å². The number of carbonyl (C=O) groups is 1. The molecular weight excluding hydrogens is 348 g/mol. The molecule has 140 valence electrons. The normalized spacial score (nSPS) is 11.6. The molecule has 0 aliphatic heterocycles. The highest BCUT2D eigenvalue weighted by Gasteiger charge is 2.14. The van der Waals surface area contributed by atoms with E-state index in [9.17, 15) is 13.2 Å². The van der Waals surface area contributed by atoms with Crippen LogP contribution in [0.5, 0.6) is 0 Å². The molecule has 6 heteroatoms. The van der Waals surface area contributed by atoms with Crippen molar-refractivity contribution in [1.29, 1.82) is 0 Å². The van der Waals surface area contributed by atoms with Crippen LogP contribution in [0.1, 0.15) is 36.1 Å². The van der Waals surface area contributed by atoms with Crippen molar-refractivity contribution < 1.29 is 13.2 Å². The Morgan fingerprint density at radius 1 is 1.08 bits per heavy atom. The molecule has 0 aliphatic rings. The number of sulfonamides is 1. The van der Waals surface area contributed by atoms with Gasteiger partial charge in [-0.1, -0.05) is 38.1 Å². The Labute approximate surface area is 155 Å². The highest BCUT2D eigenvalue weighted by molar-refractivity contribution is 7.89. The van der Waals surface area contributed by atoms with Crippen molar-refractivity contribution in [2.45, 2.75) is 45.4 Å². The number of nitrogens with one attached hydrogen (secondary N) is 1. The van der Waals surface area contributed by atoms with E-state index in [1.807, 2.05) is 31.2 Å². The van der Waals surface area contributed by atoms with E-state index in [2.05, 4.69) is 19.2 Å². The lowest BCUT2D eigenvalue weighted by molar-refractivity contribution is -0.115. The van der Waals surface area contributed by atoms with Gasteiger partial charge >= 0.3 is 0 Å². The third kappa shape index (κ3) is 5.41. The smallest absolute Gasteiger partial charge is 0.238 e. The van der Waals surface area contributed by atoms with Gasteiger partial charge in [0.1, 0.15) is 0 Å². The number of carbonyl (C=O) groups excluding carboxylic acids is 1. The number of benzene rings is 2. The van der Waals surface area contributed by atoms with Gasteiger partial charge in [-0.25, -0.2) is 13.6 Å². The van der Waals surface area contributed by atoms with Crippen LogP contribution in [0.15, 0.2) is 41.3 Å². The minimum Gasteiger partial charge on any atom is -0.326 e. The fourth-order valence-corrected chi connectivity index (χ4v) is 3.39. The minimum absolute atomic E-state index is 0.00561. The molecule has 0 radical (unpaired) electrons. The molecular formula is C20H26N2O3S. The second-order valence-corrected chi connectivity index (χ2v) is 8.66. The molecule has 26 heavy (non-hydrogen) atoms. The number of primary sulfonamides is 1. The van der Waals surface area contributed by atoms with E-state index < -0.39 is 10.0 Å². The van der Waals surface area contributed by atoms with Crippen LogP contribution in [-0.4, -0.2) is 14.3 Å². The summed E-state index contributed by atoms with van der Waals surface area (Å²) in [5, 5.41) is 8.01. The second kappa shape index (κ2) is 8.01. The molecule has 0 spiro atoms. The topological polar surface area (TPSA) is 89.3 Å². The van der Waals surface area contributed by atoms with Gasteiger partial charge in [-0.2, -0.15) is 0 Å². The van der Waals surface area contributed by atoms with E-state index in [1.54, 1.807) is 6.92 Å². The summed E-state index contributed by atoms with van der Waals surface area (Å²) in [7, 11) is -3.83. The number of rotatable bonds is 6. The maximum atomic E-state index is 12.4. The first-order valence-electron chi connectivity index (χ1n) is 8.58. The van der Waals surface area contributed by atoms with Crippen LogP contribution in [0.25, 0.3) is 0 Å². The summed E-state index contributed by atoms with van der Waals surface area (Å²) in [6.07, 6.45) is 1.23. The van der Waals surface area contributed by atoms with Crippen molar-refractivity contribution in [1.82, 2.24) is 0 Å². The zero-order valence-electron chi connectivity index (χ0n) is 15.7. The molecule has 5 nitrogen and oxygen atoms in total. The molecule has 0 heterocycles. The summed E-state index contributed by atoms with van der Waals surface area (Å²) in [6, 6.07) is 10.9. The van der Waals surface area contributed by atoms with Gasteiger partial charge in [0.15, 0.2) is 0 Å². The fourth-order valence-electron chi connectivity index (χ4n) is 2.76. The fraction of sp³-hybridized carbons (Fsp3) is 0.350. The van der Waals surface area contributed by atoms with Crippen LogP contribution in [0, 0.1) is 19.8 Å². The SMILES string of the molecule is Cc1cc(S(N)(=O)=O)cc(NC(=O)Cc2ccc(CC(C)C)cc2)c1C. The van der Waals surface area contributed by atoms with Crippen molar-refractivity contribution in [3.05, 3.63) is 58.7 Å². The third-order valence-electron chi connectivity index (χ3n) is 4.28. The predicted octanol–water partition coefficient (Wildman–Crippen LogP) is 3.33. The van der Waals surface area contributed by atoms with Gasteiger partial charge in [-0.15, -0.1) is 0 Å². The first-order chi connectivity index (χ1) is 12.1. The first-order valence-corrected chi connectivity index (χ1v) is 10.1. The van der Waals surface area contributed by atoms with E-state index in [4.69, 9.17) is 5.14 Å². The molecule has 0 saturated carbocycles. The Hall–Kier alpha value is -2.18. The number of anilines is 1. The number of nitrogens with two attached hydrogens (primary N) is 1. The maximum absolute atomic E-state index is 12.4. The van der Waals surface area contributed by atoms with Crippen molar-refractivity contribution in [2.24, 2.45) is 11.1 Å². The number of hydrogen-bond acceptors (Lipinski definition) is 3. The quantitative estimate of drug-likeness (QED) is 0.813. The summed E-state index contributed by atoms with van der Waals surface area (Å²) >= 11 is 0. The van der Waals surface area contributed by atoms with Gasteiger partial charge in [0.25, 0.3) is 0 Å². The molecule has 0 saturated heterocycles. The lowest BCUT2D eigenvalue weighted by Crippen LogP contribution is -2.17. The Morgan fingerprint density at radius 2 is 1.65 bits per heavy atom. The summed E-state index contributed by atoms with van der Waals surface area (Å²) in [4.78, 5) is 12.4. The van der Waals surface area contributed by atoms with Crippen molar-refractivity contribution in [2.75, 3.05) is 5.32 Å². The highest BCUT2D eigenvalue weighted by Crippen LogP contribution is 2.23. The highest BCUT2D eigenvalue weighted by atomic mass is 32.2. The Morgan fingerprint density at radius 3 is 2.19 bits per heavy atom. The standard InChI is InChI=1S/C20H26N2O3S/c1-13(2)9-16-5-7-17(8-6-16)11-20(23)22-19-12-18(26(21,24)25)10-14(3)15(19)4/h5-8,10,12-13H,9,11H2,1-4H3,(H,22,23)(H2,21,24,25). The first kappa shape index (κ1) is 20.1. The zero-order chi connectivity index (χ0) is 19.5. The number of hydrogen-bond donors (Lipinski definition) is 2. The molecule has 0 bridgehead atoms. The Kier molecular flexibility index (Phi) is 6.21. The average Bonchev–Trinajstić information content (AvgIpc) is 2.52. The van der Waals surface area contributed by atoms with Crippen LogP contribution >= 0.6 is 0 Å². The molecule has 2 aromatic rings. The Balaban J connectivity index is 2.14. The maximum Gasteiger partial charge on any atom is 0.238 e. The van der Waals surface area contributed by atoms with Crippen LogP contribution in [0.4, 0.5) is 5.69 Å². The van der Waals surface area contributed by atoms with Crippen molar-refractivity contribution >= 4 is 21.6 Å². The average molecular weight is 375 g/mol. The summed E-state index contributed by atoms with van der Waals surface area (Å²) in [5.41, 5.74) is 4.20. The molecule has 1 amide bonds. The monoisotopic (exact) mass is 374 g/mol. The van der Waals surface area contributed by atoms with E-state index >= 15 is 0 Å². The van der Waals surface area contributed by atoms with Gasteiger partial charge in [-0.05, 0) is 60.6 Å². The molecule has 0 aromatic heterocycles. The predicted molar refractivity (Wildman–Crippen MR) is 105 cm³/mol. The van der Waals surface area contributed by atoms with E-state index in [-0.39, 0.29) is 17.2 Å². The van der Waals surface area contributed by atoms with Crippen LogP contribution < -0.4 is 10.5 Å². The lowest BCUT2D eigenvalue weighted by Gasteiger charge is -2.13. The molecule has 0 aliphatic carbocycles. The summed E-state index contributed by atoms with van der Waals surface area (Å²) < 4.78 is 23.2. The molecule has 0 atom stereocenters. The largest absolute Gasteiger partial charge is 0.326 e. The second-order valence-electron chi connectivity index (χ2n) is 7.10. The summed E-state index contributed by atoms with van der Waals surface area (Å²) in [6.45, 7) is 7.95. The molecule has 3 N–H and O–H groups in total. The number of aryl methyl sites for hydroxylation is 1. The van der Waals surface area contributed by atoms with Crippen LogP contribution in [0.3, 0.4) is 0 Å². The summed E-state index contributed by atoms with van der Waals surface area (Å²) in [5.74, 6) is 0.386. The minimum atomic E-state index is -3.83. The molecule has 0 fully saturated rings. The van der Waals surface area contributed by atoms with Gasteiger partial charge in [0, 0.05) is 5.69 Å². The van der Waals surface area contributed by atoms with Gasteiger partial charge < -0.3 is 5.32 Å². The third-order valence-corrected chi connectivity index (χ3v) is 5.17. The van der Waals surface area contributed by atoms with Crippen LogP contribution in [0.2, 0.25) is 0 Å². The molecule has 2 rings (SSSR count). The van der Waals surface area contributed by atoms with E-state index in [0.29, 0.717) is 11.6 Å². The van der Waals surface area contributed by atoms with Gasteiger partial charge in [0.2, 0.25) is 15.9 Å². The Bertz CT molecular complexity index is 901. The van der Waals surface area contributed by atoms with Gasteiger partial charge in [-0.3, -0.25) is 4.79 Å². The van der Waals surface area contributed by atoms with E-state index in [0.717, 1.165) is 23.1 Å². The molecule has 2 aromatic carbocycles. The van der Waals surface area contributed by atoms with Crippen LogP contribution in [-0.2, 0) is 27.7 Å². The van der Waals surface area contributed by atoms with Gasteiger partial charge in [0.05, 0.1) is 11.3 Å². The molecule has 0 unspecified atom stereocenters. The zero-order valence-corrected chi connectivity index (χ0v) is 16.5. The number of amides is 1. The lowest BCUT2D eigenvalue weighted by atomic mass is 10.0. The van der Waals surface area contributed by atoms with Crippen molar-refractivity contribution in [3.63, 3.8) is 0 Å². The van der Waals surface area contributed by atoms with E-state index in [1.165, 1.54) is 17.7 Å².